The Labute approximate surface area is 117 Å². The molecular weight excluding hydrogens is 290 g/mol. The third kappa shape index (κ3) is 2.22. The number of pyridine rings is 1. The molecule has 0 spiro atoms. The van der Waals surface area contributed by atoms with Gasteiger partial charge in [-0.1, -0.05) is 12.8 Å². The molecule has 1 aliphatic carbocycles. The molecule has 1 saturated heterocycles. The van der Waals surface area contributed by atoms with Gasteiger partial charge < -0.3 is 10.6 Å². The van der Waals surface area contributed by atoms with Gasteiger partial charge in [0.05, 0.1) is 16.4 Å². The summed E-state index contributed by atoms with van der Waals surface area (Å²) in [4.78, 5) is 7.04. The lowest BCUT2D eigenvalue weighted by molar-refractivity contribution is 0.429. The molecule has 2 N–H and O–H groups in total. The first-order chi connectivity index (χ1) is 8.75. The Hall–Kier alpha value is -0.770. The van der Waals surface area contributed by atoms with Gasteiger partial charge in [-0.05, 0) is 53.6 Å². The molecule has 0 amide bonds. The number of hydrogen-bond acceptors (Lipinski definition) is 3. The second-order valence-electron chi connectivity index (χ2n) is 5.52. The molecule has 1 aromatic rings. The molecule has 1 aromatic heterocycles. The van der Waals surface area contributed by atoms with Gasteiger partial charge >= 0.3 is 0 Å². The fourth-order valence-electron chi connectivity index (χ4n) is 3.54. The highest BCUT2D eigenvalue weighted by Crippen LogP contribution is 2.39. The molecule has 1 aliphatic heterocycles. The molecule has 4 heteroatoms. The number of anilines is 2. The van der Waals surface area contributed by atoms with Crippen LogP contribution in [0, 0.1) is 5.92 Å². The summed E-state index contributed by atoms with van der Waals surface area (Å²) in [6.45, 7) is 1.14. The van der Waals surface area contributed by atoms with Crippen molar-refractivity contribution in [2.24, 2.45) is 5.92 Å². The molecule has 0 bridgehead atoms. The van der Waals surface area contributed by atoms with Gasteiger partial charge in [0, 0.05) is 12.6 Å². The minimum absolute atomic E-state index is 0.694. The summed E-state index contributed by atoms with van der Waals surface area (Å²) in [5, 5.41) is 0. The van der Waals surface area contributed by atoms with Gasteiger partial charge in [0.25, 0.3) is 0 Å². The molecule has 2 aliphatic rings. The van der Waals surface area contributed by atoms with E-state index in [1.54, 1.807) is 6.20 Å². The van der Waals surface area contributed by atoms with Crippen molar-refractivity contribution >= 4 is 27.4 Å². The fourth-order valence-corrected chi connectivity index (χ4v) is 4.14. The van der Waals surface area contributed by atoms with Crippen molar-refractivity contribution in [3.8, 4) is 0 Å². The van der Waals surface area contributed by atoms with Crippen LogP contribution in [0.1, 0.15) is 38.5 Å². The van der Waals surface area contributed by atoms with Crippen LogP contribution in [0.2, 0.25) is 0 Å². The van der Waals surface area contributed by atoms with E-state index in [1.807, 2.05) is 6.07 Å². The highest BCUT2D eigenvalue weighted by atomic mass is 79.9. The molecule has 1 atom stereocenters. The van der Waals surface area contributed by atoms with E-state index in [1.165, 1.54) is 38.5 Å². The van der Waals surface area contributed by atoms with E-state index in [9.17, 15) is 0 Å². The van der Waals surface area contributed by atoms with Crippen molar-refractivity contribution in [3.05, 3.63) is 16.7 Å². The van der Waals surface area contributed by atoms with Crippen molar-refractivity contribution in [1.82, 2.24) is 4.98 Å². The number of rotatable bonds is 2. The number of nitrogens with two attached hydrogens (primary N) is 1. The van der Waals surface area contributed by atoms with Crippen LogP contribution in [0.15, 0.2) is 16.7 Å². The SMILES string of the molecule is Nc1cnc(N2CCCC2C2CCCC2)c(Br)c1. The first kappa shape index (κ1) is 12.3. The number of aromatic nitrogens is 1. The molecule has 0 aromatic carbocycles. The van der Waals surface area contributed by atoms with Crippen LogP contribution >= 0.6 is 15.9 Å². The summed E-state index contributed by atoms with van der Waals surface area (Å²) in [7, 11) is 0. The van der Waals surface area contributed by atoms with E-state index in [-0.39, 0.29) is 0 Å². The van der Waals surface area contributed by atoms with Gasteiger partial charge in [-0.25, -0.2) is 4.98 Å². The topological polar surface area (TPSA) is 42.1 Å². The van der Waals surface area contributed by atoms with Crippen molar-refractivity contribution in [2.45, 2.75) is 44.6 Å². The van der Waals surface area contributed by atoms with Gasteiger partial charge in [-0.2, -0.15) is 0 Å². The third-order valence-electron chi connectivity index (χ3n) is 4.36. The lowest BCUT2D eigenvalue weighted by Crippen LogP contribution is -2.35. The van der Waals surface area contributed by atoms with Crippen LogP contribution in [0.25, 0.3) is 0 Å². The maximum atomic E-state index is 5.77. The number of halogens is 1. The van der Waals surface area contributed by atoms with E-state index >= 15 is 0 Å². The zero-order valence-electron chi connectivity index (χ0n) is 10.6. The lowest BCUT2D eigenvalue weighted by atomic mass is 9.96. The Kier molecular flexibility index (Phi) is 3.46. The highest BCUT2D eigenvalue weighted by molar-refractivity contribution is 9.10. The van der Waals surface area contributed by atoms with Gasteiger partial charge in [0.15, 0.2) is 0 Å². The summed E-state index contributed by atoms with van der Waals surface area (Å²) in [6, 6.07) is 2.66. The largest absolute Gasteiger partial charge is 0.397 e. The minimum Gasteiger partial charge on any atom is -0.397 e. The Morgan fingerprint density at radius 2 is 2.00 bits per heavy atom. The summed E-state index contributed by atoms with van der Waals surface area (Å²) < 4.78 is 1.03. The average Bonchev–Trinajstić information content (AvgIpc) is 2.98. The molecule has 1 unspecified atom stereocenters. The number of nitrogens with zero attached hydrogens (tertiary/aromatic N) is 2. The number of hydrogen-bond donors (Lipinski definition) is 1. The van der Waals surface area contributed by atoms with Crippen LogP contribution in [0.4, 0.5) is 11.5 Å². The lowest BCUT2D eigenvalue weighted by Gasteiger charge is -2.31. The van der Waals surface area contributed by atoms with Crippen LogP contribution < -0.4 is 10.6 Å². The standard InChI is InChI=1S/C14H20BrN3/c15-12-8-11(16)9-17-14(12)18-7-3-6-13(18)10-4-1-2-5-10/h8-10,13H,1-7,16H2. The monoisotopic (exact) mass is 309 g/mol. The zero-order chi connectivity index (χ0) is 12.5. The molecule has 3 nitrogen and oxygen atoms in total. The second kappa shape index (κ2) is 5.08. The van der Waals surface area contributed by atoms with Gasteiger partial charge in [-0.15, -0.1) is 0 Å². The van der Waals surface area contributed by atoms with Crippen LogP contribution in [0.5, 0.6) is 0 Å². The molecule has 1 saturated carbocycles. The zero-order valence-corrected chi connectivity index (χ0v) is 12.2. The van der Waals surface area contributed by atoms with E-state index < -0.39 is 0 Å². The van der Waals surface area contributed by atoms with Gasteiger partial charge in [0.1, 0.15) is 5.82 Å². The van der Waals surface area contributed by atoms with Gasteiger partial charge in [-0.3, -0.25) is 0 Å². The second-order valence-corrected chi connectivity index (χ2v) is 6.38. The van der Waals surface area contributed by atoms with E-state index in [0.717, 1.165) is 28.4 Å². The fraction of sp³-hybridized carbons (Fsp3) is 0.643. The maximum Gasteiger partial charge on any atom is 0.143 e. The molecule has 3 rings (SSSR count). The smallest absolute Gasteiger partial charge is 0.143 e. The average molecular weight is 310 g/mol. The first-order valence-corrected chi connectivity index (χ1v) is 7.72. The van der Waals surface area contributed by atoms with Crippen LogP contribution in [-0.4, -0.2) is 17.6 Å². The molecule has 98 valence electrons. The maximum absolute atomic E-state index is 5.77. The van der Waals surface area contributed by atoms with E-state index in [4.69, 9.17) is 5.73 Å². The van der Waals surface area contributed by atoms with Crippen molar-refractivity contribution < 1.29 is 0 Å². The Balaban J connectivity index is 1.85. The van der Waals surface area contributed by atoms with Crippen molar-refractivity contribution in [3.63, 3.8) is 0 Å². The van der Waals surface area contributed by atoms with E-state index in [2.05, 4.69) is 25.8 Å². The summed E-state index contributed by atoms with van der Waals surface area (Å²) in [5.74, 6) is 1.96. The Bertz CT molecular complexity index is 429. The molecule has 2 fully saturated rings. The van der Waals surface area contributed by atoms with Crippen LogP contribution in [-0.2, 0) is 0 Å². The molecular formula is C14H20BrN3. The van der Waals surface area contributed by atoms with Crippen molar-refractivity contribution in [2.75, 3.05) is 17.2 Å². The third-order valence-corrected chi connectivity index (χ3v) is 4.94. The number of nitrogen functional groups attached to an aromatic ring is 1. The highest BCUT2D eigenvalue weighted by Gasteiger charge is 2.34. The van der Waals surface area contributed by atoms with E-state index in [0.29, 0.717) is 6.04 Å². The Morgan fingerprint density at radius 1 is 1.22 bits per heavy atom. The summed E-state index contributed by atoms with van der Waals surface area (Å²) in [6.07, 6.45) is 9.99. The normalized spacial score (nSPS) is 24.9. The predicted molar refractivity (Wildman–Crippen MR) is 78.7 cm³/mol. The molecule has 2 heterocycles. The summed E-state index contributed by atoms with van der Waals surface area (Å²) >= 11 is 3.61. The molecule has 18 heavy (non-hydrogen) atoms. The minimum atomic E-state index is 0.694. The predicted octanol–water partition coefficient (Wildman–Crippen LogP) is 3.59. The van der Waals surface area contributed by atoms with Crippen molar-refractivity contribution in [1.29, 1.82) is 0 Å². The first-order valence-electron chi connectivity index (χ1n) is 6.93. The molecule has 0 radical (unpaired) electrons. The summed E-state index contributed by atoms with van der Waals surface area (Å²) in [5.41, 5.74) is 6.50. The van der Waals surface area contributed by atoms with Crippen LogP contribution in [0.3, 0.4) is 0 Å². The van der Waals surface area contributed by atoms with Gasteiger partial charge in [0.2, 0.25) is 0 Å². The Morgan fingerprint density at radius 3 is 2.72 bits per heavy atom. The quantitative estimate of drug-likeness (QED) is 0.908.